The SMILES string of the molecule is CC(C)NCc1cccc(F)c1Cl. The second kappa shape index (κ2) is 4.58. The second-order valence-electron chi connectivity index (χ2n) is 3.25. The molecule has 1 aromatic rings. The van der Waals surface area contributed by atoms with Gasteiger partial charge in [0.1, 0.15) is 5.82 Å². The Balaban J connectivity index is 2.71. The largest absolute Gasteiger partial charge is 0.310 e. The molecule has 0 unspecified atom stereocenters. The normalized spacial score (nSPS) is 10.8. The van der Waals surface area contributed by atoms with E-state index in [2.05, 4.69) is 5.32 Å². The van der Waals surface area contributed by atoms with E-state index in [0.717, 1.165) is 5.56 Å². The summed E-state index contributed by atoms with van der Waals surface area (Å²) in [5, 5.41) is 3.40. The molecule has 1 rings (SSSR count). The van der Waals surface area contributed by atoms with Gasteiger partial charge in [0.15, 0.2) is 0 Å². The monoisotopic (exact) mass is 201 g/mol. The van der Waals surface area contributed by atoms with E-state index in [4.69, 9.17) is 11.6 Å². The van der Waals surface area contributed by atoms with Crippen LogP contribution in [0.5, 0.6) is 0 Å². The lowest BCUT2D eigenvalue weighted by molar-refractivity contribution is 0.582. The van der Waals surface area contributed by atoms with Crippen LogP contribution in [0.25, 0.3) is 0 Å². The highest BCUT2D eigenvalue weighted by molar-refractivity contribution is 6.31. The lowest BCUT2D eigenvalue weighted by Crippen LogP contribution is -2.22. The summed E-state index contributed by atoms with van der Waals surface area (Å²) < 4.78 is 12.9. The van der Waals surface area contributed by atoms with Crippen LogP contribution in [-0.4, -0.2) is 6.04 Å². The highest BCUT2D eigenvalue weighted by atomic mass is 35.5. The highest BCUT2D eigenvalue weighted by Gasteiger charge is 2.04. The molecule has 0 amide bonds. The predicted molar refractivity (Wildman–Crippen MR) is 53.4 cm³/mol. The molecule has 1 nitrogen and oxygen atoms in total. The van der Waals surface area contributed by atoms with E-state index in [0.29, 0.717) is 12.6 Å². The van der Waals surface area contributed by atoms with Crippen molar-refractivity contribution in [2.75, 3.05) is 0 Å². The van der Waals surface area contributed by atoms with Crippen LogP contribution in [0.15, 0.2) is 18.2 Å². The van der Waals surface area contributed by atoms with Gasteiger partial charge in [-0.05, 0) is 11.6 Å². The summed E-state index contributed by atoms with van der Waals surface area (Å²) in [5.41, 5.74) is 0.801. The quantitative estimate of drug-likeness (QED) is 0.793. The first-order valence-corrected chi connectivity index (χ1v) is 4.65. The molecule has 0 fully saturated rings. The topological polar surface area (TPSA) is 12.0 Å². The average Bonchev–Trinajstić information content (AvgIpc) is 2.07. The number of benzene rings is 1. The molecule has 0 aliphatic heterocycles. The fraction of sp³-hybridized carbons (Fsp3) is 0.400. The van der Waals surface area contributed by atoms with Gasteiger partial charge in [-0.2, -0.15) is 0 Å². The van der Waals surface area contributed by atoms with E-state index >= 15 is 0 Å². The molecule has 0 aliphatic carbocycles. The summed E-state index contributed by atoms with van der Waals surface area (Å²) >= 11 is 5.76. The number of halogens is 2. The maximum absolute atomic E-state index is 12.9. The van der Waals surface area contributed by atoms with Crippen LogP contribution in [-0.2, 0) is 6.54 Å². The first-order chi connectivity index (χ1) is 6.11. The zero-order valence-corrected chi connectivity index (χ0v) is 8.53. The fourth-order valence-electron chi connectivity index (χ4n) is 0.999. The zero-order chi connectivity index (χ0) is 9.84. The molecule has 1 N–H and O–H groups in total. The molecule has 0 aliphatic rings. The molecule has 0 spiro atoms. The van der Waals surface area contributed by atoms with Crippen molar-refractivity contribution >= 4 is 11.6 Å². The van der Waals surface area contributed by atoms with Crippen molar-refractivity contribution in [3.63, 3.8) is 0 Å². The molecule has 13 heavy (non-hydrogen) atoms. The van der Waals surface area contributed by atoms with Crippen molar-refractivity contribution in [1.29, 1.82) is 0 Å². The second-order valence-corrected chi connectivity index (χ2v) is 3.63. The molecule has 0 saturated carbocycles. The molecule has 3 heteroatoms. The van der Waals surface area contributed by atoms with Gasteiger partial charge >= 0.3 is 0 Å². The summed E-state index contributed by atoms with van der Waals surface area (Å²) in [4.78, 5) is 0. The molecular weight excluding hydrogens is 189 g/mol. The van der Waals surface area contributed by atoms with E-state index in [-0.39, 0.29) is 10.8 Å². The van der Waals surface area contributed by atoms with Crippen LogP contribution in [0, 0.1) is 5.82 Å². The first kappa shape index (κ1) is 10.5. The first-order valence-electron chi connectivity index (χ1n) is 4.27. The summed E-state index contributed by atoms with van der Waals surface area (Å²) in [6.45, 7) is 4.68. The van der Waals surface area contributed by atoms with Crippen LogP contribution in [0.4, 0.5) is 4.39 Å². The van der Waals surface area contributed by atoms with Crippen molar-refractivity contribution in [1.82, 2.24) is 5.32 Å². The summed E-state index contributed by atoms with van der Waals surface area (Å²) in [6, 6.07) is 5.22. The third kappa shape index (κ3) is 2.98. The summed E-state index contributed by atoms with van der Waals surface area (Å²) in [6.07, 6.45) is 0. The van der Waals surface area contributed by atoms with E-state index in [9.17, 15) is 4.39 Å². The fourth-order valence-corrected chi connectivity index (χ4v) is 1.19. The minimum atomic E-state index is -0.357. The third-order valence-corrected chi connectivity index (χ3v) is 2.16. The van der Waals surface area contributed by atoms with Crippen LogP contribution < -0.4 is 5.32 Å². The van der Waals surface area contributed by atoms with Crippen LogP contribution in [0.2, 0.25) is 5.02 Å². The van der Waals surface area contributed by atoms with Crippen LogP contribution in [0.3, 0.4) is 0 Å². The van der Waals surface area contributed by atoms with Crippen LogP contribution in [0.1, 0.15) is 19.4 Å². The Kier molecular flexibility index (Phi) is 3.70. The Morgan fingerprint density at radius 2 is 2.15 bits per heavy atom. The molecule has 0 heterocycles. The van der Waals surface area contributed by atoms with Crippen molar-refractivity contribution in [2.24, 2.45) is 0 Å². The van der Waals surface area contributed by atoms with Crippen LogP contribution >= 0.6 is 11.6 Å². The standard InChI is InChI=1S/C10H13ClFN/c1-7(2)13-6-8-4-3-5-9(12)10(8)11/h3-5,7,13H,6H2,1-2H3. The van der Waals surface area contributed by atoms with Crippen molar-refractivity contribution in [3.05, 3.63) is 34.6 Å². The summed E-state index contributed by atoms with van der Waals surface area (Å²) in [5.74, 6) is -0.357. The molecule has 0 atom stereocenters. The molecule has 0 aromatic heterocycles. The van der Waals surface area contributed by atoms with Gasteiger partial charge in [0.2, 0.25) is 0 Å². The Hall–Kier alpha value is -0.600. The Morgan fingerprint density at radius 1 is 1.46 bits per heavy atom. The van der Waals surface area contributed by atoms with E-state index < -0.39 is 0 Å². The molecule has 0 radical (unpaired) electrons. The molecule has 0 bridgehead atoms. The van der Waals surface area contributed by atoms with Gasteiger partial charge < -0.3 is 5.32 Å². The smallest absolute Gasteiger partial charge is 0.142 e. The average molecular weight is 202 g/mol. The van der Waals surface area contributed by atoms with Gasteiger partial charge in [-0.3, -0.25) is 0 Å². The Bertz CT molecular complexity index is 286. The number of hydrogen-bond acceptors (Lipinski definition) is 1. The van der Waals surface area contributed by atoms with Gasteiger partial charge in [-0.1, -0.05) is 37.6 Å². The van der Waals surface area contributed by atoms with Gasteiger partial charge in [0, 0.05) is 12.6 Å². The van der Waals surface area contributed by atoms with Gasteiger partial charge in [0.05, 0.1) is 5.02 Å². The van der Waals surface area contributed by atoms with Gasteiger partial charge in [0.25, 0.3) is 0 Å². The number of nitrogens with one attached hydrogen (secondary N) is 1. The number of rotatable bonds is 3. The van der Waals surface area contributed by atoms with Crippen molar-refractivity contribution < 1.29 is 4.39 Å². The van der Waals surface area contributed by atoms with Gasteiger partial charge in [-0.25, -0.2) is 4.39 Å². The number of hydrogen-bond donors (Lipinski definition) is 1. The van der Waals surface area contributed by atoms with Crippen molar-refractivity contribution in [3.8, 4) is 0 Å². The summed E-state index contributed by atoms with van der Waals surface area (Å²) in [7, 11) is 0. The Morgan fingerprint density at radius 3 is 2.77 bits per heavy atom. The highest BCUT2D eigenvalue weighted by Crippen LogP contribution is 2.19. The molecule has 72 valence electrons. The lowest BCUT2D eigenvalue weighted by Gasteiger charge is -2.09. The Labute approximate surface area is 82.9 Å². The molecular formula is C10H13ClFN. The van der Waals surface area contributed by atoms with E-state index in [1.54, 1.807) is 6.07 Å². The van der Waals surface area contributed by atoms with Crippen molar-refractivity contribution in [2.45, 2.75) is 26.4 Å². The van der Waals surface area contributed by atoms with E-state index in [1.807, 2.05) is 19.9 Å². The minimum Gasteiger partial charge on any atom is -0.310 e. The van der Waals surface area contributed by atoms with E-state index in [1.165, 1.54) is 6.07 Å². The minimum absolute atomic E-state index is 0.218. The maximum Gasteiger partial charge on any atom is 0.142 e. The molecule has 1 aromatic carbocycles. The zero-order valence-electron chi connectivity index (χ0n) is 7.77. The predicted octanol–water partition coefficient (Wildman–Crippen LogP) is 2.98. The third-order valence-electron chi connectivity index (χ3n) is 1.73. The van der Waals surface area contributed by atoms with Gasteiger partial charge in [-0.15, -0.1) is 0 Å². The maximum atomic E-state index is 12.9. The molecule has 0 saturated heterocycles. The lowest BCUT2D eigenvalue weighted by atomic mass is 10.2.